The van der Waals surface area contributed by atoms with Crippen LogP contribution in [0.4, 0.5) is 0 Å². The molecule has 0 aliphatic heterocycles. The van der Waals surface area contributed by atoms with Crippen molar-refractivity contribution in [2.24, 2.45) is 5.92 Å². The van der Waals surface area contributed by atoms with Crippen LogP contribution in [0.2, 0.25) is 0 Å². The van der Waals surface area contributed by atoms with Gasteiger partial charge < -0.3 is 0 Å². The van der Waals surface area contributed by atoms with Crippen LogP contribution in [0.1, 0.15) is 24.0 Å². The average Bonchev–Trinajstić information content (AvgIpc) is 3.52. The molecule has 7 aromatic carbocycles. The number of rotatable bonds is 4. The summed E-state index contributed by atoms with van der Waals surface area (Å²) in [4.78, 5) is 0. The summed E-state index contributed by atoms with van der Waals surface area (Å²) in [5.74, 6) is -0.00254. The highest BCUT2D eigenvalue weighted by molar-refractivity contribution is 6.28. The summed E-state index contributed by atoms with van der Waals surface area (Å²) in [6, 6.07) is 51.9. The van der Waals surface area contributed by atoms with Gasteiger partial charge in [-0.2, -0.15) is 5.26 Å². The van der Waals surface area contributed by atoms with E-state index < -0.39 is 0 Å². The Bertz CT molecular complexity index is 2570. The third-order valence-corrected chi connectivity index (χ3v) is 11.0. The lowest BCUT2D eigenvalue weighted by Crippen LogP contribution is -2.04. The first-order valence-electron chi connectivity index (χ1n) is 17.6. The highest BCUT2D eigenvalue weighted by Gasteiger charge is 2.31. The minimum absolute atomic E-state index is 0.00254. The maximum absolute atomic E-state index is 9.30. The average molecular weight is 636 g/mol. The van der Waals surface area contributed by atoms with Crippen molar-refractivity contribution in [2.75, 3.05) is 0 Å². The van der Waals surface area contributed by atoms with Gasteiger partial charge in [-0.15, -0.1) is 0 Å². The van der Waals surface area contributed by atoms with E-state index in [-0.39, 0.29) is 5.92 Å². The van der Waals surface area contributed by atoms with Crippen LogP contribution in [0, 0.1) is 17.2 Å². The van der Waals surface area contributed by atoms with Crippen LogP contribution in [-0.4, -0.2) is 0 Å². The lowest BCUT2D eigenvalue weighted by Gasteiger charge is -2.21. The van der Waals surface area contributed by atoms with Gasteiger partial charge in [0.25, 0.3) is 0 Å². The first-order valence-corrected chi connectivity index (χ1v) is 17.6. The van der Waals surface area contributed by atoms with Crippen LogP contribution in [0.3, 0.4) is 0 Å². The van der Waals surface area contributed by atoms with E-state index >= 15 is 0 Å². The van der Waals surface area contributed by atoms with Crippen LogP contribution < -0.4 is 0 Å². The number of hydrogen-bond acceptors (Lipinski definition) is 1. The Labute approximate surface area is 292 Å². The number of benzene rings is 7. The Morgan fingerprint density at radius 2 is 1.18 bits per heavy atom. The molecule has 0 fully saturated rings. The topological polar surface area (TPSA) is 23.8 Å². The van der Waals surface area contributed by atoms with Crippen LogP contribution in [0.15, 0.2) is 163 Å². The number of nitriles is 1. The molecule has 0 spiro atoms. The molecule has 0 radical (unpaired) electrons. The summed E-state index contributed by atoms with van der Waals surface area (Å²) in [6.45, 7) is 0. The first kappa shape index (κ1) is 28.8. The molecular weight excluding hydrogens is 603 g/mol. The highest BCUT2D eigenvalue weighted by atomic mass is 14.3. The third-order valence-electron chi connectivity index (χ3n) is 11.0. The third kappa shape index (κ3) is 4.39. The SMILES string of the molecule is N#CC1C=CC(C2=Cc3ccc(-c4ccc5c6c(cccc46)-c4c-5c(-c5ccccc5)c5ccccc5c4-c4ccccc4)cc3CC2)=CC1. The van der Waals surface area contributed by atoms with Crippen LogP contribution >= 0.6 is 0 Å². The van der Waals surface area contributed by atoms with Gasteiger partial charge in [-0.3, -0.25) is 0 Å². The standard InChI is InChI=1S/C49H33N/c50-30-31-18-20-32(21-19-31)35-22-23-37-29-38(25-24-36(37)28-35)39-26-27-44-47-40(39)16-9-17-43(47)48-45(33-10-3-1-4-11-33)41-14-7-8-15-42(41)46(49(44)48)34-12-5-2-6-13-34/h1-18,20-21,24-29,31H,19,22-23H2. The van der Waals surface area contributed by atoms with Crippen LogP contribution in [0.25, 0.3) is 83.3 Å². The Hall–Kier alpha value is -6.23. The largest absolute Gasteiger partial charge is 0.198 e. The van der Waals surface area contributed by atoms with E-state index in [1.807, 2.05) is 0 Å². The second-order valence-electron chi connectivity index (χ2n) is 13.7. The van der Waals surface area contributed by atoms with E-state index in [1.165, 1.54) is 99.5 Å². The fourth-order valence-corrected chi connectivity index (χ4v) is 8.70. The summed E-state index contributed by atoms with van der Waals surface area (Å²) in [5.41, 5.74) is 18.3. The van der Waals surface area contributed by atoms with Crippen molar-refractivity contribution >= 4 is 27.6 Å². The zero-order chi connectivity index (χ0) is 33.2. The zero-order valence-corrected chi connectivity index (χ0v) is 27.7. The van der Waals surface area contributed by atoms with Crippen molar-refractivity contribution in [3.8, 4) is 61.7 Å². The van der Waals surface area contributed by atoms with Gasteiger partial charge in [0.1, 0.15) is 0 Å². The van der Waals surface area contributed by atoms with Crippen molar-refractivity contribution in [3.05, 3.63) is 174 Å². The number of allylic oxidation sites excluding steroid dienone is 5. The van der Waals surface area contributed by atoms with E-state index in [2.05, 4.69) is 164 Å². The monoisotopic (exact) mass is 635 g/mol. The summed E-state index contributed by atoms with van der Waals surface area (Å²) >= 11 is 0. The quantitative estimate of drug-likeness (QED) is 0.189. The molecule has 3 aliphatic rings. The van der Waals surface area contributed by atoms with E-state index in [9.17, 15) is 5.26 Å². The highest BCUT2D eigenvalue weighted by Crippen LogP contribution is 2.58. The lowest BCUT2D eigenvalue weighted by molar-refractivity contribution is 0.824. The number of fused-ring (bicyclic) bond motifs is 5. The molecule has 0 amide bonds. The van der Waals surface area contributed by atoms with Gasteiger partial charge in [-0.05, 0) is 119 Å². The molecule has 234 valence electrons. The van der Waals surface area contributed by atoms with Gasteiger partial charge >= 0.3 is 0 Å². The van der Waals surface area contributed by atoms with Crippen molar-refractivity contribution in [1.82, 2.24) is 0 Å². The lowest BCUT2D eigenvalue weighted by atomic mass is 9.82. The second-order valence-corrected chi connectivity index (χ2v) is 13.7. The number of hydrogen-bond donors (Lipinski definition) is 0. The fraction of sp³-hybridized carbons (Fsp3) is 0.0816. The van der Waals surface area contributed by atoms with Crippen LogP contribution in [0.5, 0.6) is 0 Å². The van der Waals surface area contributed by atoms with Gasteiger partial charge in [-0.1, -0.05) is 158 Å². The van der Waals surface area contributed by atoms with Crippen LogP contribution in [-0.2, 0) is 6.42 Å². The molecule has 0 bridgehead atoms. The van der Waals surface area contributed by atoms with E-state index in [4.69, 9.17) is 0 Å². The summed E-state index contributed by atoms with van der Waals surface area (Å²) < 4.78 is 0. The molecule has 1 unspecified atom stereocenters. The normalized spacial score (nSPS) is 15.7. The Morgan fingerprint density at radius 1 is 0.540 bits per heavy atom. The summed E-state index contributed by atoms with van der Waals surface area (Å²) in [5, 5.41) is 14.5. The molecule has 1 nitrogen and oxygen atoms in total. The van der Waals surface area contributed by atoms with Gasteiger partial charge in [-0.25, -0.2) is 0 Å². The maximum atomic E-state index is 9.30. The van der Waals surface area contributed by atoms with E-state index in [1.54, 1.807) is 0 Å². The minimum atomic E-state index is -0.00254. The summed E-state index contributed by atoms with van der Waals surface area (Å²) in [6.07, 6.45) is 11.6. The predicted molar refractivity (Wildman–Crippen MR) is 209 cm³/mol. The molecule has 3 aliphatic carbocycles. The summed E-state index contributed by atoms with van der Waals surface area (Å²) in [7, 11) is 0. The molecule has 50 heavy (non-hydrogen) atoms. The minimum Gasteiger partial charge on any atom is -0.198 e. The van der Waals surface area contributed by atoms with Crippen molar-refractivity contribution < 1.29 is 0 Å². The van der Waals surface area contributed by atoms with Crippen molar-refractivity contribution in [3.63, 3.8) is 0 Å². The smallest absolute Gasteiger partial charge is 0.0700 e. The molecule has 7 aromatic rings. The molecule has 0 N–H and O–H groups in total. The van der Waals surface area contributed by atoms with Crippen molar-refractivity contribution in [2.45, 2.75) is 19.3 Å². The Balaban J connectivity index is 1.17. The Morgan fingerprint density at radius 3 is 1.84 bits per heavy atom. The number of nitrogens with zero attached hydrogens (tertiary/aromatic N) is 1. The first-order chi connectivity index (χ1) is 24.8. The molecule has 0 aromatic heterocycles. The van der Waals surface area contributed by atoms with Gasteiger partial charge in [0.2, 0.25) is 0 Å². The number of aryl methyl sites for hydroxylation is 1. The maximum Gasteiger partial charge on any atom is 0.0700 e. The fourth-order valence-electron chi connectivity index (χ4n) is 8.70. The van der Waals surface area contributed by atoms with Gasteiger partial charge in [0.05, 0.1) is 12.0 Å². The Kier molecular flexibility index (Phi) is 6.58. The molecular formula is C49H33N. The molecule has 1 atom stereocenters. The van der Waals surface area contributed by atoms with E-state index in [0.29, 0.717) is 0 Å². The van der Waals surface area contributed by atoms with Gasteiger partial charge in [0, 0.05) is 0 Å². The second kappa shape index (κ2) is 11.4. The molecule has 0 saturated carbocycles. The van der Waals surface area contributed by atoms with Gasteiger partial charge in [0.15, 0.2) is 0 Å². The molecule has 0 saturated heterocycles. The predicted octanol–water partition coefficient (Wildman–Crippen LogP) is 13.0. The molecule has 10 rings (SSSR count). The molecule has 0 heterocycles. The van der Waals surface area contributed by atoms with E-state index in [0.717, 1.165) is 19.3 Å². The zero-order valence-electron chi connectivity index (χ0n) is 27.7. The molecule has 1 heteroatoms. The van der Waals surface area contributed by atoms with Crippen molar-refractivity contribution in [1.29, 1.82) is 5.26 Å².